The van der Waals surface area contributed by atoms with Gasteiger partial charge in [0.15, 0.2) is 10.8 Å². The van der Waals surface area contributed by atoms with Crippen LogP contribution in [0.5, 0.6) is 0 Å². The summed E-state index contributed by atoms with van der Waals surface area (Å²) in [6.07, 6.45) is 3.16. The molecule has 0 atom stereocenters. The first kappa shape index (κ1) is 15.1. The van der Waals surface area contributed by atoms with Gasteiger partial charge in [-0.05, 0) is 18.4 Å². The molecule has 0 aliphatic rings. The number of rotatable bonds is 2. The van der Waals surface area contributed by atoms with Crippen molar-refractivity contribution in [1.82, 2.24) is 19.5 Å². The maximum absolute atomic E-state index is 12.6. The van der Waals surface area contributed by atoms with Crippen molar-refractivity contribution in [2.45, 2.75) is 5.16 Å². The molecule has 0 spiro atoms. The van der Waals surface area contributed by atoms with Crippen LogP contribution in [0.1, 0.15) is 0 Å². The van der Waals surface area contributed by atoms with Gasteiger partial charge in [0, 0.05) is 6.20 Å². The van der Waals surface area contributed by atoms with E-state index in [1.807, 2.05) is 0 Å². The monoisotopic (exact) mass is 354 g/mol. The smallest absolute Gasteiger partial charge is 0.291 e. The van der Waals surface area contributed by atoms with Crippen molar-refractivity contribution in [2.24, 2.45) is 0 Å². The van der Waals surface area contributed by atoms with Gasteiger partial charge in [0.25, 0.3) is 5.56 Å². The fraction of sp³-hybridized carbons (Fsp3) is 0.0769. The third-order valence-corrected chi connectivity index (χ3v) is 4.14. The molecule has 0 saturated heterocycles. The highest BCUT2D eigenvalue weighted by molar-refractivity contribution is 7.98. The van der Waals surface area contributed by atoms with Gasteiger partial charge in [0.05, 0.1) is 15.7 Å². The number of aromatic nitrogens is 4. The van der Waals surface area contributed by atoms with E-state index in [4.69, 9.17) is 23.2 Å². The molecule has 6 nitrogen and oxygen atoms in total. The number of thioether (sulfide) groups is 1. The topological polar surface area (TPSA) is 80.6 Å². The maximum Gasteiger partial charge on any atom is 0.334 e. The molecular weight excluding hydrogens is 347 g/mol. The minimum absolute atomic E-state index is 0.132. The van der Waals surface area contributed by atoms with Gasteiger partial charge in [-0.2, -0.15) is 0 Å². The lowest BCUT2D eigenvalue weighted by Crippen LogP contribution is -2.34. The first-order chi connectivity index (χ1) is 10.5. The van der Waals surface area contributed by atoms with E-state index in [1.165, 1.54) is 18.0 Å². The lowest BCUT2D eigenvalue weighted by molar-refractivity contribution is 0.878. The van der Waals surface area contributed by atoms with Crippen LogP contribution in [-0.4, -0.2) is 25.8 Å². The van der Waals surface area contributed by atoms with Crippen molar-refractivity contribution >= 4 is 46.0 Å². The molecule has 3 aromatic rings. The zero-order valence-corrected chi connectivity index (χ0v) is 13.5. The number of aromatic amines is 1. The van der Waals surface area contributed by atoms with Crippen LogP contribution in [0, 0.1) is 0 Å². The number of fused-ring (bicyclic) bond motifs is 1. The Kier molecular flexibility index (Phi) is 3.94. The predicted octanol–water partition coefficient (Wildman–Crippen LogP) is 2.50. The molecule has 0 saturated carbocycles. The van der Waals surface area contributed by atoms with Gasteiger partial charge in [-0.25, -0.2) is 19.3 Å². The van der Waals surface area contributed by atoms with E-state index in [0.717, 1.165) is 4.57 Å². The van der Waals surface area contributed by atoms with E-state index in [9.17, 15) is 9.59 Å². The van der Waals surface area contributed by atoms with Crippen LogP contribution in [0.2, 0.25) is 10.0 Å². The minimum Gasteiger partial charge on any atom is -0.291 e. The first-order valence-electron chi connectivity index (χ1n) is 6.03. The number of nitrogens with zero attached hydrogens (tertiary/aromatic N) is 3. The maximum atomic E-state index is 12.6. The summed E-state index contributed by atoms with van der Waals surface area (Å²) in [6, 6.07) is 4.72. The number of halogens is 2. The predicted molar refractivity (Wildman–Crippen MR) is 87.6 cm³/mol. The van der Waals surface area contributed by atoms with Gasteiger partial charge in [-0.3, -0.25) is 9.78 Å². The molecule has 1 N–H and O–H groups in total. The fourth-order valence-electron chi connectivity index (χ4n) is 1.99. The number of H-pyrrole nitrogens is 1. The number of nitrogens with one attached hydrogen (secondary N) is 1. The first-order valence-corrected chi connectivity index (χ1v) is 8.01. The number of hydrogen-bond acceptors (Lipinski definition) is 5. The lowest BCUT2D eigenvalue weighted by atomic mass is 10.3. The second-order valence-electron chi connectivity index (χ2n) is 4.26. The summed E-state index contributed by atoms with van der Waals surface area (Å²) in [4.78, 5) is 35.6. The Labute approximate surface area is 138 Å². The molecule has 112 valence electrons. The minimum atomic E-state index is -0.668. The van der Waals surface area contributed by atoms with Gasteiger partial charge in [-0.1, -0.05) is 41.0 Å². The summed E-state index contributed by atoms with van der Waals surface area (Å²) in [5.74, 6) is 0. The Bertz CT molecular complexity index is 979. The Morgan fingerprint density at radius 3 is 2.55 bits per heavy atom. The van der Waals surface area contributed by atoms with Gasteiger partial charge in [0.2, 0.25) is 0 Å². The number of benzene rings is 1. The van der Waals surface area contributed by atoms with E-state index in [2.05, 4.69) is 15.0 Å². The molecule has 0 aliphatic heterocycles. The number of para-hydroxylation sites is 1. The molecule has 1 aromatic carbocycles. The molecule has 22 heavy (non-hydrogen) atoms. The zero-order valence-electron chi connectivity index (χ0n) is 11.1. The van der Waals surface area contributed by atoms with E-state index < -0.39 is 11.2 Å². The average molecular weight is 355 g/mol. The largest absolute Gasteiger partial charge is 0.334 e. The lowest BCUT2D eigenvalue weighted by Gasteiger charge is -2.09. The van der Waals surface area contributed by atoms with Crippen LogP contribution in [0.25, 0.3) is 16.7 Å². The third-order valence-electron chi connectivity index (χ3n) is 2.97. The van der Waals surface area contributed by atoms with Crippen LogP contribution < -0.4 is 11.2 Å². The molecule has 0 unspecified atom stereocenters. The van der Waals surface area contributed by atoms with Crippen LogP contribution in [0.15, 0.2) is 39.1 Å². The van der Waals surface area contributed by atoms with Crippen molar-refractivity contribution in [2.75, 3.05) is 6.26 Å². The van der Waals surface area contributed by atoms with E-state index in [0.29, 0.717) is 5.16 Å². The molecule has 3 rings (SSSR count). The van der Waals surface area contributed by atoms with E-state index in [-0.39, 0.29) is 26.8 Å². The van der Waals surface area contributed by atoms with Crippen molar-refractivity contribution < 1.29 is 0 Å². The van der Waals surface area contributed by atoms with E-state index in [1.54, 1.807) is 24.5 Å². The van der Waals surface area contributed by atoms with Crippen molar-refractivity contribution in [1.29, 1.82) is 0 Å². The van der Waals surface area contributed by atoms with Crippen molar-refractivity contribution in [3.8, 4) is 5.69 Å². The fourth-order valence-corrected chi connectivity index (χ4v) is 2.90. The summed E-state index contributed by atoms with van der Waals surface area (Å²) in [7, 11) is 0. The summed E-state index contributed by atoms with van der Waals surface area (Å²) in [5, 5.41) is 1.02. The highest BCUT2D eigenvalue weighted by Crippen LogP contribution is 2.26. The van der Waals surface area contributed by atoms with Crippen LogP contribution in [0.4, 0.5) is 0 Å². The third kappa shape index (κ3) is 2.41. The summed E-state index contributed by atoms with van der Waals surface area (Å²) < 4.78 is 0.884. The molecular formula is C13H8Cl2N4O2S. The Morgan fingerprint density at radius 1 is 1.23 bits per heavy atom. The standard InChI is InChI=1S/C13H8Cl2N4O2S/c1-22-12-16-5-6-10(17-12)18-13(21)19(11(6)20)9-7(14)3-2-4-8(9)15/h2-5H,1H3,(H,16,17,18,21). The second-order valence-corrected chi connectivity index (χ2v) is 5.85. The summed E-state index contributed by atoms with van der Waals surface area (Å²) >= 11 is 13.5. The van der Waals surface area contributed by atoms with Crippen molar-refractivity contribution in [3.63, 3.8) is 0 Å². The molecule has 2 heterocycles. The molecule has 9 heteroatoms. The molecule has 0 amide bonds. The second kappa shape index (κ2) is 5.75. The SMILES string of the molecule is CSc1ncc2c(=O)n(-c3c(Cl)cccc3Cl)c(=O)[nH]c2n1. The van der Waals surface area contributed by atoms with Crippen molar-refractivity contribution in [3.05, 3.63) is 55.3 Å². The normalized spacial score (nSPS) is 11.0. The van der Waals surface area contributed by atoms with Gasteiger partial charge >= 0.3 is 5.69 Å². The summed E-state index contributed by atoms with van der Waals surface area (Å²) in [5.41, 5.74) is -0.943. The van der Waals surface area contributed by atoms with Crippen LogP contribution in [0.3, 0.4) is 0 Å². The highest BCUT2D eigenvalue weighted by Gasteiger charge is 2.16. The van der Waals surface area contributed by atoms with Crippen LogP contribution in [-0.2, 0) is 0 Å². The Hall–Kier alpha value is -1.83. The molecule has 0 aliphatic carbocycles. The van der Waals surface area contributed by atoms with Gasteiger partial charge < -0.3 is 0 Å². The number of hydrogen-bond donors (Lipinski definition) is 1. The van der Waals surface area contributed by atoms with Gasteiger partial charge in [0.1, 0.15) is 5.39 Å². The Morgan fingerprint density at radius 2 is 1.91 bits per heavy atom. The molecule has 0 radical (unpaired) electrons. The Balaban J connectivity index is 2.42. The highest BCUT2D eigenvalue weighted by atomic mass is 35.5. The quantitative estimate of drug-likeness (QED) is 0.564. The van der Waals surface area contributed by atoms with Crippen LogP contribution >= 0.6 is 35.0 Å². The van der Waals surface area contributed by atoms with E-state index >= 15 is 0 Å². The molecule has 2 aromatic heterocycles. The van der Waals surface area contributed by atoms with Gasteiger partial charge in [-0.15, -0.1) is 0 Å². The average Bonchev–Trinajstić information content (AvgIpc) is 2.49. The zero-order chi connectivity index (χ0) is 15.9. The molecule has 0 bridgehead atoms. The summed E-state index contributed by atoms with van der Waals surface area (Å²) in [6.45, 7) is 0. The molecule has 0 fully saturated rings.